The highest BCUT2D eigenvalue weighted by molar-refractivity contribution is 5.94. The van der Waals surface area contributed by atoms with Crippen molar-refractivity contribution in [3.63, 3.8) is 0 Å². The number of nitrogens with one attached hydrogen (secondary N) is 1. The Kier molecular flexibility index (Phi) is 2.91. The lowest BCUT2D eigenvalue weighted by molar-refractivity contribution is -0.146. The molecule has 2 aliphatic rings. The summed E-state index contributed by atoms with van der Waals surface area (Å²) in [6.45, 7) is 6.41. The van der Waals surface area contributed by atoms with Gasteiger partial charge in [-0.25, -0.2) is 0 Å². The first-order chi connectivity index (χ1) is 7.50. The van der Waals surface area contributed by atoms with E-state index in [1.54, 1.807) is 11.8 Å². The summed E-state index contributed by atoms with van der Waals surface area (Å²) in [5.74, 6) is 1.20. The third kappa shape index (κ3) is 1.81. The summed E-state index contributed by atoms with van der Waals surface area (Å²) in [6, 6.07) is -0.0969. The number of hydrogen-bond donors (Lipinski definition) is 1. The largest absolute Gasteiger partial charge is 0.343 e. The minimum absolute atomic E-state index is 0.0288. The zero-order valence-corrected chi connectivity index (χ0v) is 10.2. The molecule has 4 heteroatoms. The SMILES string of the molecule is CC1NC(=O)CN(C2CCC(C)C2C)C1=O. The lowest BCUT2D eigenvalue weighted by atomic mass is 9.96. The van der Waals surface area contributed by atoms with E-state index in [0.29, 0.717) is 11.8 Å². The third-order valence-electron chi connectivity index (χ3n) is 4.17. The molecule has 4 nitrogen and oxygen atoms in total. The highest BCUT2D eigenvalue weighted by Crippen LogP contribution is 2.35. The van der Waals surface area contributed by atoms with Crippen LogP contribution in [0.15, 0.2) is 0 Å². The first-order valence-corrected chi connectivity index (χ1v) is 6.10. The van der Waals surface area contributed by atoms with Crippen molar-refractivity contribution in [3.8, 4) is 0 Å². The summed E-state index contributed by atoms with van der Waals surface area (Å²) in [4.78, 5) is 25.3. The van der Waals surface area contributed by atoms with Crippen LogP contribution in [0.5, 0.6) is 0 Å². The standard InChI is InChI=1S/C12H20N2O2/c1-7-4-5-10(8(7)2)14-6-11(15)13-9(3)12(14)16/h7-10H,4-6H2,1-3H3,(H,13,15). The van der Waals surface area contributed by atoms with Crippen LogP contribution in [-0.4, -0.2) is 35.3 Å². The second-order valence-electron chi connectivity index (χ2n) is 5.24. The van der Waals surface area contributed by atoms with E-state index >= 15 is 0 Å². The van der Waals surface area contributed by atoms with Crippen molar-refractivity contribution in [2.24, 2.45) is 11.8 Å². The summed E-state index contributed by atoms with van der Waals surface area (Å²) < 4.78 is 0. The number of carbonyl (C=O) groups excluding carboxylic acids is 2. The van der Waals surface area contributed by atoms with Gasteiger partial charge >= 0.3 is 0 Å². The minimum Gasteiger partial charge on any atom is -0.343 e. The van der Waals surface area contributed by atoms with Crippen LogP contribution in [0.3, 0.4) is 0 Å². The molecule has 16 heavy (non-hydrogen) atoms. The first kappa shape index (κ1) is 11.4. The number of carbonyl (C=O) groups is 2. The maximum absolute atomic E-state index is 12.0. The highest BCUT2D eigenvalue weighted by Gasteiger charge is 2.40. The van der Waals surface area contributed by atoms with Crippen molar-refractivity contribution < 1.29 is 9.59 Å². The second-order valence-corrected chi connectivity index (χ2v) is 5.24. The lowest BCUT2D eigenvalue weighted by Gasteiger charge is -2.37. The quantitative estimate of drug-likeness (QED) is 0.715. The average Bonchev–Trinajstić information content (AvgIpc) is 2.54. The highest BCUT2D eigenvalue weighted by atomic mass is 16.2. The van der Waals surface area contributed by atoms with Gasteiger partial charge in [-0.2, -0.15) is 0 Å². The third-order valence-corrected chi connectivity index (χ3v) is 4.17. The van der Waals surface area contributed by atoms with Gasteiger partial charge in [-0.05, 0) is 31.6 Å². The zero-order valence-electron chi connectivity index (χ0n) is 10.2. The zero-order chi connectivity index (χ0) is 11.9. The molecule has 1 saturated carbocycles. The number of amides is 2. The predicted octanol–water partition coefficient (Wildman–Crippen LogP) is 0.768. The van der Waals surface area contributed by atoms with Crippen LogP contribution in [0, 0.1) is 11.8 Å². The van der Waals surface area contributed by atoms with Gasteiger partial charge in [0.05, 0.1) is 6.54 Å². The van der Waals surface area contributed by atoms with Gasteiger partial charge in [-0.15, -0.1) is 0 Å². The molecule has 4 atom stereocenters. The van der Waals surface area contributed by atoms with Crippen molar-refractivity contribution in [2.45, 2.75) is 45.7 Å². The number of piperazine rings is 1. The molecule has 0 bridgehead atoms. The molecule has 2 amide bonds. The molecule has 0 spiro atoms. The Hall–Kier alpha value is -1.06. The van der Waals surface area contributed by atoms with Crippen molar-refractivity contribution in [1.29, 1.82) is 0 Å². The van der Waals surface area contributed by atoms with Gasteiger partial charge < -0.3 is 10.2 Å². The monoisotopic (exact) mass is 224 g/mol. The fourth-order valence-corrected chi connectivity index (χ4v) is 2.89. The van der Waals surface area contributed by atoms with Crippen LogP contribution in [-0.2, 0) is 9.59 Å². The fraction of sp³-hybridized carbons (Fsp3) is 0.833. The molecule has 0 radical (unpaired) electrons. The molecule has 2 rings (SSSR count). The number of nitrogens with zero attached hydrogens (tertiary/aromatic N) is 1. The van der Waals surface area contributed by atoms with Crippen molar-refractivity contribution >= 4 is 11.8 Å². The second kappa shape index (κ2) is 4.07. The van der Waals surface area contributed by atoms with Crippen molar-refractivity contribution in [2.75, 3.05) is 6.54 Å². The van der Waals surface area contributed by atoms with E-state index in [1.165, 1.54) is 0 Å². The van der Waals surface area contributed by atoms with E-state index < -0.39 is 0 Å². The van der Waals surface area contributed by atoms with Crippen LogP contribution in [0.2, 0.25) is 0 Å². The average molecular weight is 224 g/mol. The Morgan fingerprint density at radius 1 is 1.19 bits per heavy atom. The molecule has 0 aromatic carbocycles. The van der Waals surface area contributed by atoms with Crippen LogP contribution >= 0.6 is 0 Å². The van der Waals surface area contributed by atoms with E-state index in [-0.39, 0.29) is 30.4 Å². The molecule has 2 fully saturated rings. The maximum atomic E-state index is 12.0. The number of hydrogen-bond acceptors (Lipinski definition) is 2. The van der Waals surface area contributed by atoms with E-state index in [9.17, 15) is 9.59 Å². The Morgan fingerprint density at radius 2 is 1.88 bits per heavy atom. The summed E-state index contributed by atoms with van der Waals surface area (Å²) >= 11 is 0. The summed E-state index contributed by atoms with van der Waals surface area (Å²) in [6.07, 6.45) is 2.19. The Balaban J connectivity index is 2.13. The van der Waals surface area contributed by atoms with Gasteiger partial charge in [0.15, 0.2) is 0 Å². The molecule has 1 aliphatic carbocycles. The molecular formula is C12H20N2O2. The predicted molar refractivity (Wildman–Crippen MR) is 60.7 cm³/mol. The topological polar surface area (TPSA) is 49.4 Å². The van der Waals surface area contributed by atoms with Crippen molar-refractivity contribution in [3.05, 3.63) is 0 Å². The van der Waals surface area contributed by atoms with Crippen LogP contribution < -0.4 is 5.32 Å². The molecule has 90 valence electrons. The Morgan fingerprint density at radius 3 is 2.44 bits per heavy atom. The molecule has 1 aliphatic heterocycles. The molecule has 0 aromatic heterocycles. The summed E-state index contributed by atoms with van der Waals surface area (Å²) in [5.41, 5.74) is 0. The van der Waals surface area contributed by atoms with Gasteiger partial charge in [0.1, 0.15) is 6.04 Å². The normalized spacial score (nSPS) is 40.1. The van der Waals surface area contributed by atoms with E-state index in [0.717, 1.165) is 12.8 Å². The first-order valence-electron chi connectivity index (χ1n) is 6.10. The van der Waals surface area contributed by atoms with E-state index in [2.05, 4.69) is 19.2 Å². The fourth-order valence-electron chi connectivity index (χ4n) is 2.89. The molecular weight excluding hydrogens is 204 g/mol. The van der Waals surface area contributed by atoms with Gasteiger partial charge in [0.2, 0.25) is 11.8 Å². The van der Waals surface area contributed by atoms with Gasteiger partial charge in [-0.3, -0.25) is 9.59 Å². The minimum atomic E-state index is -0.357. The van der Waals surface area contributed by atoms with Crippen LogP contribution in [0.25, 0.3) is 0 Å². The van der Waals surface area contributed by atoms with Gasteiger partial charge in [0.25, 0.3) is 0 Å². The molecule has 4 unspecified atom stereocenters. The van der Waals surface area contributed by atoms with E-state index in [4.69, 9.17) is 0 Å². The maximum Gasteiger partial charge on any atom is 0.245 e. The Labute approximate surface area is 96.4 Å². The summed E-state index contributed by atoms with van der Waals surface area (Å²) in [7, 11) is 0. The molecule has 1 N–H and O–H groups in total. The molecule has 1 heterocycles. The molecule has 0 aromatic rings. The summed E-state index contributed by atoms with van der Waals surface area (Å²) in [5, 5.41) is 2.68. The smallest absolute Gasteiger partial charge is 0.245 e. The van der Waals surface area contributed by atoms with Crippen LogP contribution in [0.1, 0.15) is 33.6 Å². The number of rotatable bonds is 1. The Bertz CT molecular complexity index is 316. The van der Waals surface area contributed by atoms with Gasteiger partial charge in [-0.1, -0.05) is 13.8 Å². The van der Waals surface area contributed by atoms with E-state index in [1.807, 2.05) is 0 Å². The van der Waals surface area contributed by atoms with Crippen LogP contribution in [0.4, 0.5) is 0 Å². The van der Waals surface area contributed by atoms with Crippen molar-refractivity contribution in [1.82, 2.24) is 10.2 Å². The molecule has 1 saturated heterocycles. The lowest BCUT2D eigenvalue weighted by Crippen LogP contribution is -2.60. The van der Waals surface area contributed by atoms with Gasteiger partial charge in [0, 0.05) is 6.04 Å².